The van der Waals surface area contributed by atoms with Crippen molar-refractivity contribution in [3.8, 4) is 11.5 Å². The zero-order valence-corrected chi connectivity index (χ0v) is 16.6. The molecule has 1 aliphatic heterocycles. The van der Waals surface area contributed by atoms with Crippen molar-refractivity contribution in [2.24, 2.45) is 0 Å². The van der Waals surface area contributed by atoms with Crippen molar-refractivity contribution in [3.63, 3.8) is 0 Å². The highest BCUT2D eigenvalue weighted by atomic mass is 35.5. The monoisotopic (exact) mass is 429 g/mol. The van der Waals surface area contributed by atoms with Crippen LogP contribution in [0.1, 0.15) is 19.8 Å². The molecule has 0 spiro atoms. The second kappa shape index (κ2) is 8.97. The van der Waals surface area contributed by atoms with Crippen LogP contribution in [-0.4, -0.2) is 36.1 Å². The Morgan fingerprint density at radius 1 is 1.14 bits per heavy atom. The molecule has 1 aliphatic rings. The highest BCUT2D eigenvalue weighted by Gasteiger charge is 2.28. The summed E-state index contributed by atoms with van der Waals surface area (Å²) in [7, 11) is 0. The number of nitrogens with zero attached hydrogens (tertiary/aromatic N) is 1. The summed E-state index contributed by atoms with van der Waals surface area (Å²) in [4.78, 5) is 14.3. The van der Waals surface area contributed by atoms with Gasteiger partial charge in [-0.1, -0.05) is 29.3 Å². The number of carbonyl (C=O) groups excluding carboxylic acids is 1. The van der Waals surface area contributed by atoms with Crippen LogP contribution in [0.15, 0.2) is 36.4 Å². The predicted molar refractivity (Wildman–Crippen MR) is 103 cm³/mol. The summed E-state index contributed by atoms with van der Waals surface area (Å²) in [5, 5.41) is 0.613. The lowest BCUT2D eigenvalue weighted by atomic mass is 10.1. The van der Waals surface area contributed by atoms with Crippen LogP contribution in [0.3, 0.4) is 0 Å². The smallest absolute Gasteiger partial charge is 0.263 e. The number of rotatable bonds is 5. The van der Waals surface area contributed by atoms with Gasteiger partial charge in [-0.3, -0.25) is 4.79 Å². The minimum absolute atomic E-state index is 0.0125. The molecule has 4 nitrogen and oxygen atoms in total. The van der Waals surface area contributed by atoms with Crippen LogP contribution in [0.5, 0.6) is 11.5 Å². The third-order valence-electron chi connectivity index (χ3n) is 4.51. The molecular formula is C20H19Cl2F2NO3. The number of hydrogen-bond acceptors (Lipinski definition) is 3. The van der Waals surface area contributed by atoms with Crippen LogP contribution in [-0.2, 0) is 4.79 Å². The summed E-state index contributed by atoms with van der Waals surface area (Å²) in [6, 6.07) is 8.18. The van der Waals surface area contributed by atoms with E-state index in [1.54, 1.807) is 30.0 Å². The molecule has 1 saturated heterocycles. The summed E-state index contributed by atoms with van der Waals surface area (Å²) in [5.41, 5.74) is 0. The molecule has 1 amide bonds. The molecule has 2 aromatic carbocycles. The lowest BCUT2D eigenvalue weighted by Crippen LogP contribution is -2.46. The zero-order chi connectivity index (χ0) is 20.3. The Kier molecular flexibility index (Phi) is 6.62. The number of likely N-dealkylation sites (tertiary alicyclic amines) is 1. The van der Waals surface area contributed by atoms with Gasteiger partial charge in [0.25, 0.3) is 5.91 Å². The minimum Gasteiger partial charge on any atom is -0.487 e. The van der Waals surface area contributed by atoms with Gasteiger partial charge in [0.05, 0.1) is 5.02 Å². The molecule has 1 atom stereocenters. The maximum atomic E-state index is 13.7. The van der Waals surface area contributed by atoms with Crippen molar-refractivity contribution in [2.75, 3.05) is 13.1 Å². The zero-order valence-electron chi connectivity index (χ0n) is 15.1. The summed E-state index contributed by atoms with van der Waals surface area (Å²) in [6.07, 6.45) is 0.0889. The van der Waals surface area contributed by atoms with E-state index in [2.05, 4.69) is 0 Å². The third-order valence-corrected chi connectivity index (χ3v) is 5.31. The van der Waals surface area contributed by atoms with Crippen LogP contribution in [0.2, 0.25) is 10.0 Å². The molecule has 0 bridgehead atoms. The molecule has 0 aliphatic carbocycles. The molecule has 1 heterocycles. The van der Waals surface area contributed by atoms with Gasteiger partial charge in [-0.25, -0.2) is 8.78 Å². The minimum atomic E-state index is -0.737. The molecule has 3 rings (SSSR count). The Balaban J connectivity index is 1.53. The number of piperidine rings is 1. The van der Waals surface area contributed by atoms with E-state index < -0.39 is 17.7 Å². The number of carbonyl (C=O) groups is 1. The van der Waals surface area contributed by atoms with Crippen molar-refractivity contribution >= 4 is 29.1 Å². The lowest BCUT2D eigenvalue weighted by Gasteiger charge is -2.33. The fraction of sp³-hybridized carbons (Fsp3) is 0.350. The van der Waals surface area contributed by atoms with Gasteiger partial charge < -0.3 is 14.4 Å². The van der Waals surface area contributed by atoms with Gasteiger partial charge >= 0.3 is 0 Å². The van der Waals surface area contributed by atoms with Gasteiger partial charge in [0.1, 0.15) is 22.7 Å². The Morgan fingerprint density at radius 2 is 1.86 bits per heavy atom. The Bertz CT molecular complexity index is 857. The molecule has 0 radical (unpaired) electrons. The highest BCUT2D eigenvalue weighted by Crippen LogP contribution is 2.32. The normalized spacial score (nSPS) is 16.0. The van der Waals surface area contributed by atoms with Crippen molar-refractivity contribution in [2.45, 2.75) is 32.0 Å². The molecule has 150 valence electrons. The van der Waals surface area contributed by atoms with E-state index in [0.717, 1.165) is 12.1 Å². The maximum absolute atomic E-state index is 13.7. The number of amides is 1. The Morgan fingerprint density at radius 3 is 2.54 bits per heavy atom. The van der Waals surface area contributed by atoms with E-state index in [1.807, 2.05) is 0 Å². The first-order valence-electron chi connectivity index (χ1n) is 8.86. The van der Waals surface area contributed by atoms with E-state index >= 15 is 0 Å². The Labute approximate surface area is 171 Å². The standard InChI is InChI=1S/C20H19Cl2F2NO3/c1-12(27-18-4-2-3-15(21)19(18)22)20(26)25-9-7-14(8-10-25)28-17-6-5-13(23)11-16(17)24/h2-6,11-12,14H,7-10H2,1H3. The molecule has 1 fully saturated rings. The number of hydrogen-bond donors (Lipinski definition) is 0. The fourth-order valence-corrected chi connectivity index (χ4v) is 3.35. The average Bonchev–Trinajstić information content (AvgIpc) is 2.67. The molecule has 2 aromatic rings. The fourth-order valence-electron chi connectivity index (χ4n) is 3.02. The predicted octanol–water partition coefficient (Wildman–Crippen LogP) is 5.11. The summed E-state index contributed by atoms with van der Waals surface area (Å²) in [6.45, 7) is 2.54. The van der Waals surface area contributed by atoms with Gasteiger partial charge in [-0.05, 0) is 31.2 Å². The average molecular weight is 430 g/mol. The Hall–Kier alpha value is -2.05. The number of halogens is 4. The van der Waals surface area contributed by atoms with Crippen LogP contribution in [0, 0.1) is 11.6 Å². The van der Waals surface area contributed by atoms with Crippen LogP contribution in [0.4, 0.5) is 8.78 Å². The van der Waals surface area contributed by atoms with Crippen LogP contribution >= 0.6 is 23.2 Å². The van der Waals surface area contributed by atoms with Crippen molar-refractivity contribution in [1.29, 1.82) is 0 Å². The molecular weight excluding hydrogens is 411 g/mol. The first kappa shape index (κ1) is 20.7. The SMILES string of the molecule is CC(Oc1cccc(Cl)c1Cl)C(=O)N1CCC(Oc2ccc(F)cc2F)CC1. The van der Waals surface area contributed by atoms with E-state index in [4.69, 9.17) is 32.7 Å². The molecule has 0 aromatic heterocycles. The molecule has 1 unspecified atom stereocenters. The second-order valence-electron chi connectivity index (χ2n) is 6.53. The van der Waals surface area contributed by atoms with E-state index in [0.29, 0.717) is 36.7 Å². The van der Waals surface area contributed by atoms with Crippen LogP contribution < -0.4 is 9.47 Å². The summed E-state index contributed by atoms with van der Waals surface area (Å²) in [5.74, 6) is -1.21. The molecule has 8 heteroatoms. The van der Waals surface area contributed by atoms with E-state index in [9.17, 15) is 13.6 Å². The first-order chi connectivity index (χ1) is 13.3. The number of benzene rings is 2. The largest absolute Gasteiger partial charge is 0.487 e. The summed E-state index contributed by atoms with van der Waals surface area (Å²) >= 11 is 12.1. The molecule has 0 saturated carbocycles. The summed E-state index contributed by atoms with van der Waals surface area (Å²) < 4.78 is 38.0. The maximum Gasteiger partial charge on any atom is 0.263 e. The van der Waals surface area contributed by atoms with Crippen molar-refractivity contribution in [3.05, 3.63) is 58.1 Å². The third kappa shape index (κ3) is 4.86. The van der Waals surface area contributed by atoms with E-state index in [1.165, 1.54) is 6.07 Å². The quantitative estimate of drug-likeness (QED) is 0.662. The van der Waals surface area contributed by atoms with E-state index in [-0.39, 0.29) is 22.8 Å². The van der Waals surface area contributed by atoms with Crippen molar-refractivity contribution in [1.82, 2.24) is 4.90 Å². The van der Waals surface area contributed by atoms with Gasteiger partial charge in [0.15, 0.2) is 17.7 Å². The lowest BCUT2D eigenvalue weighted by molar-refractivity contribution is -0.139. The van der Waals surface area contributed by atoms with Crippen LogP contribution in [0.25, 0.3) is 0 Å². The van der Waals surface area contributed by atoms with Crippen molar-refractivity contribution < 1.29 is 23.0 Å². The van der Waals surface area contributed by atoms with Gasteiger partial charge in [0.2, 0.25) is 0 Å². The molecule has 28 heavy (non-hydrogen) atoms. The molecule has 0 N–H and O–H groups in total. The first-order valence-corrected chi connectivity index (χ1v) is 9.62. The van der Waals surface area contributed by atoms with Gasteiger partial charge in [-0.15, -0.1) is 0 Å². The van der Waals surface area contributed by atoms with Gasteiger partial charge in [0, 0.05) is 32.0 Å². The topological polar surface area (TPSA) is 38.8 Å². The number of ether oxygens (including phenoxy) is 2. The van der Waals surface area contributed by atoms with Gasteiger partial charge in [-0.2, -0.15) is 0 Å². The second-order valence-corrected chi connectivity index (χ2v) is 7.31. The highest BCUT2D eigenvalue weighted by molar-refractivity contribution is 6.42.